The fourth-order valence-corrected chi connectivity index (χ4v) is 4.32. The van der Waals surface area contributed by atoms with E-state index < -0.39 is 0 Å². The molecule has 1 unspecified atom stereocenters. The third kappa shape index (κ3) is 3.37. The van der Waals surface area contributed by atoms with Crippen molar-refractivity contribution in [1.82, 2.24) is 20.4 Å². The molecule has 1 spiro atoms. The van der Waals surface area contributed by atoms with Gasteiger partial charge in [-0.2, -0.15) is 0 Å². The fourth-order valence-electron chi connectivity index (χ4n) is 3.97. The van der Waals surface area contributed by atoms with Gasteiger partial charge < -0.3 is 15.1 Å². The van der Waals surface area contributed by atoms with E-state index in [0.29, 0.717) is 6.04 Å². The number of carbonyl (C=O) groups is 1. The molecule has 0 aromatic heterocycles. The zero-order valence-electron chi connectivity index (χ0n) is 14.7. The van der Waals surface area contributed by atoms with Gasteiger partial charge in [0.2, 0.25) is 5.91 Å². The highest BCUT2D eigenvalue weighted by molar-refractivity contribution is 7.80. The minimum Gasteiger partial charge on any atom is -0.360 e. The normalized spacial score (nSPS) is 25.5. The number of hydrogen-bond acceptors (Lipinski definition) is 3. The number of nitrogens with zero attached hydrogens (tertiary/aromatic N) is 2. The molecule has 3 aliphatic rings. The average molecular weight is 359 g/mol. The summed E-state index contributed by atoms with van der Waals surface area (Å²) < 4.78 is 0. The van der Waals surface area contributed by atoms with Crippen LogP contribution < -0.4 is 10.6 Å². The Labute approximate surface area is 154 Å². The lowest BCUT2D eigenvalue weighted by Gasteiger charge is -2.44. The summed E-state index contributed by atoms with van der Waals surface area (Å²) in [4.78, 5) is 17.0. The molecule has 1 aliphatic carbocycles. The molecule has 2 saturated heterocycles. The molecule has 134 valence electrons. The van der Waals surface area contributed by atoms with Crippen LogP contribution in [0.2, 0.25) is 0 Å². The monoisotopic (exact) mass is 358 g/mol. The number of amides is 1. The van der Waals surface area contributed by atoms with Gasteiger partial charge in [-0.25, -0.2) is 0 Å². The Bertz CT molecular complexity index is 653. The third-order valence-electron chi connectivity index (χ3n) is 5.78. The Kier molecular flexibility index (Phi) is 4.41. The molecule has 6 heteroatoms. The molecule has 0 bridgehead atoms. The van der Waals surface area contributed by atoms with E-state index in [0.717, 1.165) is 37.5 Å². The zero-order chi connectivity index (χ0) is 17.4. The summed E-state index contributed by atoms with van der Waals surface area (Å²) in [5, 5.41) is 7.95. The first-order valence-corrected chi connectivity index (χ1v) is 9.63. The lowest BCUT2D eigenvalue weighted by Crippen LogP contribution is -2.59. The molecule has 2 N–H and O–H groups in total. The van der Waals surface area contributed by atoms with Crippen molar-refractivity contribution in [2.45, 2.75) is 49.9 Å². The number of hydrogen-bond donors (Lipinski definition) is 2. The number of nitrogens with one attached hydrogen (secondary N) is 2. The van der Waals surface area contributed by atoms with Crippen molar-refractivity contribution in [3.63, 3.8) is 0 Å². The van der Waals surface area contributed by atoms with Crippen molar-refractivity contribution in [3.8, 4) is 0 Å². The standard InChI is InChI=1S/C19H26N4OS/c1-22-17(24)16(13-14-5-3-2-4-6-14)21-19(22)9-11-23(12-10-19)18(25)20-15-7-8-15/h2-6,15-16,21H,7-13H2,1H3,(H,20,25). The highest BCUT2D eigenvalue weighted by Gasteiger charge is 2.49. The van der Waals surface area contributed by atoms with Crippen LogP contribution in [0.3, 0.4) is 0 Å². The maximum atomic E-state index is 12.8. The molecule has 25 heavy (non-hydrogen) atoms. The quantitative estimate of drug-likeness (QED) is 0.802. The van der Waals surface area contributed by atoms with Crippen molar-refractivity contribution in [2.24, 2.45) is 0 Å². The zero-order valence-corrected chi connectivity index (χ0v) is 15.5. The summed E-state index contributed by atoms with van der Waals surface area (Å²) in [6.45, 7) is 1.78. The highest BCUT2D eigenvalue weighted by Crippen LogP contribution is 2.32. The van der Waals surface area contributed by atoms with E-state index in [4.69, 9.17) is 12.2 Å². The number of benzene rings is 1. The van der Waals surface area contributed by atoms with Gasteiger partial charge >= 0.3 is 0 Å². The number of piperidine rings is 1. The van der Waals surface area contributed by atoms with Crippen molar-refractivity contribution in [3.05, 3.63) is 35.9 Å². The lowest BCUT2D eigenvalue weighted by molar-refractivity contribution is -0.131. The van der Waals surface area contributed by atoms with Crippen LogP contribution in [0.25, 0.3) is 0 Å². The fraction of sp³-hybridized carbons (Fsp3) is 0.579. The van der Waals surface area contributed by atoms with Gasteiger partial charge in [-0.3, -0.25) is 10.1 Å². The largest absolute Gasteiger partial charge is 0.360 e. The Morgan fingerprint density at radius 1 is 1.28 bits per heavy atom. The number of thiocarbonyl (C=S) groups is 1. The predicted molar refractivity (Wildman–Crippen MR) is 102 cm³/mol. The smallest absolute Gasteiger partial charge is 0.241 e. The van der Waals surface area contributed by atoms with Crippen molar-refractivity contribution < 1.29 is 4.79 Å². The van der Waals surface area contributed by atoms with Crippen LogP contribution in [0.5, 0.6) is 0 Å². The van der Waals surface area contributed by atoms with Crippen molar-refractivity contribution in [1.29, 1.82) is 0 Å². The first kappa shape index (κ1) is 16.8. The van der Waals surface area contributed by atoms with Gasteiger partial charge in [0.25, 0.3) is 0 Å². The Hall–Kier alpha value is -1.66. The second-order valence-electron chi connectivity index (χ2n) is 7.53. The molecular formula is C19H26N4OS. The molecule has 1 aromatic carbocycles. The van der Waals surface area contributed by atoms with Gasteiger partial charge in [-0.05, 0) is 37.0 Å². The molecular weight excluding hydrogens is 332 g/mol. The Balaban J connectivity index is 1.39. The number of rotatable bonds is 3. The van der Waals surface area contributed by atoms with Gasteiger partial charge in [0, 0.05) is 39.0 Å². The summed E-state index contributed by atoms with van der Waals surface area (Å²) >= 11 is 5.53. The van der Waals surface area contributed by atoms with E-state index in [9.17, 15) is 4.79 Å². The van der Waals surface area contributed by atoms with Crippen LogP contribution in [0.1, 0.15) is 31.2 Å². The van der Waals surface area contributed by atoms with Crippen LogP contribution in [-0.2, 0) is 11.2 Å². The summed E-state index contributed by atoms with van der Waals surface area (Å²) in [6.07, 6.45) is 5.03. The maximum absolute atomic E-state index is 12.8. The van der Waals surface area contributed by atoms with Gasteiger partial charge in [0.05, 0.1) is 11.7 Å². The van der Waals surface area contributed by atoms with Crippen LogP contribution in [-0.4, -0.2) is 58.7 Å². The summed E-state index contributed by atoms with van der Waals surface area (Å²) in [5.41, 5.74) is 0.980. The van der Waals surface area contributed by atoms with Crippen LogP contribution >= 0.6 is 12.2 Å². The van der Waals surface area contributed by atoms with Crippen LogP contribution in [0.15, 0.2) is 30.3 Å². The van der Waals surface area contributed by atoms with Crippen LogP contribution in [0.4, 0.5) is 0 Å². The second-order valence-corrected chi connectivity index (χ2v) is 7.91. The maximum Gasteiger partial charge on any atom is 0.241 e. The second kappa shape index (κ2) is 6.57. The molecule has 0 radical (unpaired) electrons. The SMILES string of the molecule is CN1C(=O)C(Cc2ccccc2)NC12CCN(C(=S)NC1CC1)CC2. The number of likely N-dealkylation sites (tertiary alicyclic amines) is 1. The van der Waals surface area contributed by atoms with Gasteiger partial charge in [-0.15, -0.1) is 0 Å². The first-order chi connectivity index (χ1) is 12.1. The highest BCUT2D eigenvalue weighted by atomic mass is 32.1. The molecule has 1 amide bonds. The minimum atomic E-state index is -0.220. The molecule has 1 atom stereocenters. The third-order valence-corrected chi connectivity index (χ3v) is 6.16. The molecule has 5 nitrogen and oxygen atoms in total. The molecule has 1 saturated carbocycles. The summed E-state index contributed by atoms with van der Waals surface area (Å²) in [5.74, 6) is 0.205. The van der Waals surface area contributed by atoms with E-state index in [1.807, 2.05) is 30.1 Å². The van der Waals surface area contributed by atoms with E-state index >= 15 is 0 Å². The number of likely N-dealkylation sites (N-methyl/N-ethyl adjacent to an activating group) is 1. The summed E-state index contributed by atoms with van der Waals surface area (Å²) in [7, 11) is 1.94. The van der Waals surface area contributed by atoms with E-state index in [2.05, 4.69) is 27.7 Å². The average Bonchev–Trinajstić information content (AvgIpc) is 3.41. The molecule has 2 heterocycles. The Morgan fingerprint density at radius 2 is 1.96 bits per heavy atom. The molecule has 1 aromatic rings. The predicted octanol–water partition coefficient (Wildman–Crippen LogP) is 1.49. The molecule has 4 rings (SSSR count). The van der Waals surface area contributed by atoms with E-state index in [-0.39, 0.29) is 17.6 Å². The van der Waals surface area contributed by atoms with Gasteiger partial charge in [0.1, 0.15) is 0 Å². The first-order valence-electron chi connectivity index (χ1n) is 9.22. The van der Waals surface area contributed by atoms with Crippen LogP contribution in [0, 0.1) is 0 Å². The summed E-state index contributed by atoms with van der Waals surface area (Å²) in [6, 6.07) is 10.7. The molecule has 2 aliphatic heterocycles. The topological polar surface area (TPSA) is 47.6 Å². The van der Waals surface area contributed by atoms with Gasteiger partial charge in [0.15, 0.2) is 5.11 Å². The van der Waals surface area contributed by atoms with E-state index in [1.165, 1.54) is 18.4 Å². The van der Waals surface area contributed by atoms with E-state index in [1.54, 1.807) is 0 Å². The van der Waals surface area contributed by atoms with Crippen molar-refractivity contribution >= 4 is 23.2 Å². The lowest BCUT2D eigenvalue weighted by atomic mass is 9.96. The van der Waals surface area contributed by atoms with Gasteiger partial charge in [-0.1, -0.05) is 30.3 Å². The minimum absolute atomic E-state index is 0.129. The molecule has 3 fully saturated rings. The number of carbonyl (C=O) groups excluding carboxylic acids is 1. The van der Waals surface area contributed by atoms with Crippen molar-refractivity contribution in [2.75, 3.05) is 20.1 Å². The Morgan fingerprint density at radius 3 is 2.60 bits per heavy atom.